The zero-order chi connectivity index (χ0) is 16.1. The van der Waals surface area contributed by atoms with E-state index in [2.05, 4.69) is 15.0 Å². The van der Waals surface area contributed by atoms with Crippen molar-refractivity contribution in [2.24, 2.45) is 0 Å². The molecule has 1 amide bonds. The zero-order valence-corrected chi connectivity index (χ0v) is 11.7. The summed E-state index contributed by atoms with van der Waals surface area (Å²) in [5, 5.41) is 20.7. The van der Waals surface area contributed by atoms with E-state index >= 15 is 0 Å². The predicted molar refractivity (Wildman–Crippen MR) is 68.2 cm³/mol. The second-order valence-corrected chi connectivity index (χ2v) is 4.00. The summed E-state index contributed by atoms with van der Waals surface area (Å²) in [7, 11) is 0. The van der Waals surface area contributed by atoms with Crippen LogP contribution in [0.4, 0.5) is 0 Å². The zero-order valence-electron chi connectivity index (χ0n) is 11.7. The van der Waals surface area contributed by atoms with E-state index in [9.17, 15) is 25.0 Å². The van der Waals surface area contributed by atoms with E-state index in [1.165, 1.54) is 0 Å². The minimum Gasteiger partial charge on any atom is -0.379 e. The Morgan fingerprint density at radius 2 is 1.95 bits per heavy atom. The van der Waals surface area contributed by atoms with E-state index in [4.69, 9.17) is 4.74 Å². The summed E-state index contributed by atoms with van der Waals surface area (Å²) in [5.74, 6) is -0.197. The number of unbranched alkanes of at least 4 members (excludes halogenated alkanes) is 1. The third-order valence-corrected chi connectivity index (χ3v) is 2.23. The number of rotatable bonds is 13. The number of hydrogen-bond acceptors (Lipinski definition) is 8. The lowest BCUT2D eigenvalue weighted by Gasteiger charge is -2.13. The highest BCUT2D eigenvalue weighted by atomic mass is 17.0. The average molecular weight is 309 g/mol. The largest absolute Gasteiger partial charge is 0.379 e. The van der Waals surface area contributed by atoms with Gasteiger partial charge in [-0.15, -0.1) is 20.2 Å². The fourth-order valence-electron chi connectivity index (χ4n) is 1.25. The Morgan fingerprint density at radius 3 is 2.52 bits per heavy atom. The highest BCUT2D eigenvalue weighted by Gasteiger charge is 2.16. The lowest BCUT2D eigenvalue weighted by Crippen LogP contribution is -2.30. The van der Waals surface area contributed by atoms with Gasteiger partial charge in [0.1, 0.15) is 6.61 Å². The summed E-state index contributed by atoms with van der Waals surface area (Å²) in [6.07, 6.45) is 0.704. The molecular weight excluding hydrogens is 290 g/mol. The Kier molecular flexibility index (Phi) is 10.4. The fraction of sp³-hybridized carbons (Fsp3) is 0.900. The third kappa shape index (κ3) is 12.6. The molecule has 0 aliphatic rings. The van der Waals surface area contributed by atoms with E-state index in [0.717, 1.165) is 12.8 Å². The summed E-state index contributed by atoms with van der Waals surface area (Å²) in [5.41, 5.74) is 0. The maximum Gasteiger partial charge on any atom is 0.294 e. The molecule has 0 bridgehead atoms. The van der Waals surface area contributed by atoms with Crippen LogP contribution in [-0.4, -0.2) is 48.5 Å². The van der Waals surface area contributed by atoms with Gasteiger partial charge in [0.2, 0.25) is 5.91 Å². The number of amides is 1. The predicted octanol–water partition coefficient (Wildman–Crippen LogP) is 0.0946. The second-order valence-electron chi connectivity index (χ2n) is 4.00. The number of carbonyl (C=O) groups excluding carboxylic acids is 1. The number of hydrogen-bond donors (Lipinski definition) is 1. The van der Waals surface area contributed by atoms with E-state index in [1.54, 1.807) is 0 Å². The topological polar surface area (TPSA) is 143 Å². The molecule has 1 atom stereocenters. The number of ether oxygens (including phenoxy) is 1. The van der Waals surface area contributed by atoms with Crippen LogP contribution in [0.25, 0.3) is 0 Å². The van der Waals surface area contributed by atoms with Crippen LogP contribution in [0.15, 0.2) is 0 Å². The van der Waals surface area contributed by atoms with Crippen LogP contribution in [0.5, 0.6) is 0 Å². The summed E-state index contributed by atoms with van der Waals surface area (Å²) in [6, 6.07) is 0. The van der Waals surface area contributed by atoms with Crippen LogP contribution in [0.3, 0.4) is 0 Å². The van der Waals surface area contributed by atoms with Crippen LogP contribution in [-0.2, 0) is 19.2 Å². The van der Waals surface area contributed by atoms with Gasteiger partial charge >= 0.3 is 0 Å². The summed E-state index contributed by atoms with van der Waals surface area (Å²) in [4.78, 5) is 39.6. The normalized spacial score (nSPS) is 11.5. The van der Waals surface area contributed by atoms with Crippen LogP contribution in [0, 0.1) is 20.2 Å². The van der Waals surface area contributed by atoms with E-state index in [0.29, 0.717) is 6.54 Å². The van der Waals surface area contributed by atoms with Gasteiger partial charge in [-0.1, -0.05) is 13.3 Å². The van der Waals surface area contributed by atoms with Crippen molar-refractivity contribution in [1.29, 1.82) is 0 Å². The first-order chi connectivity index (χ1) is 9.95. The average Bonchev–Trinajstić information content (AvgIpc) is 2.40. The van der Waals surface area contributed by atoms with Crippen LogP contribution >= 0.6 is 0 Å². The SMILES string of the molecule is CCCCNC(=O)CCOCC(CO[N+](=O)[O-])O[N+](=O)[O-]. The standard InChI is InChI=1S/C10H19N3O8/c1-2-3-5-11-10(14)4-6-19-7-9(21-13(17)18)8-20-12(15)16/h9H,2-8H2,1H3,(H,11,14). The Morgan fingerprint density at radius 1 is 1.24 bits per heavy atom. The Labute approximate surface area is 120 Å². The first kappa shape index (κ1) is 18.8. The van der Waals surface area contributed by atoms with Crippen LogP contribution < -0.4 is 5.32 Å². The van der Waals surface area contributed by atoms with Crippen molar-refractivity contribution in [3.8, 4) is 0 Å². The molecule has 0 radical (unpaired) electrons. The Hall–Kier alpha value is -2.17. The number of carbonyl (C=O) groups is 1. The van der Waals surface area contributed by atoms with Gasteiger partial charge in [-0.25, -0.2) is 0 Å². The molecule has 0 spiro atoms. The molecular formula is C10H19N3O8. The van der Waals surface area contributed by atoms with E-state index in [-0.39, 0.29) is 25.5 Å². The molecule has 0 aromatic rings. The minimum absolute atomic E-state index is 0.0218. The Balaban J connectivity index is 3.82. The molecule has 21 heavy (non-hydrogen) atoms. The molecule has 122 valence electrons. The Bertz CT molecular complexity index is 338. The molecule has 11 heteroatoms. The van der Waals surface area contributed by atoms with Crippen molar-refractivity contribution < 1.29 is 29.4 Å². The molecule has 0 saturated heterocycles. The molecule has 0 fully saturated rings. The molecule has 0 saturated carbocycles. The van der Waals surface area contributed by atoms with Crippen molar-refractivity contribution in [3.05, 3.63) is 20.2 Å². The monoisotopic (exact) mass is 309 g/mol. The first-order valence-electron chi connectivity index (χ1n) is 6.38. The molecule has 1 unspecified atom stereocenters. The summed E-state index contributed by atoms with van der Waals surface area (Å²) < 4.78 is 5.01. The maximum atomic E-state index is 11.3. The lowest BCUT2D eigenvalue weighted by molar-refractivity contribution is -0.790. The van der Waals surface area contributed by atoms with E-state index < -0.39 is 22.9 Å². The van der Waals surface area contributed by atoms with Crippen molar-refractivity contribution in [1.82, 2.24) is 5.32 Å². The molecule has 11 nitrogen and oxygen atoms in total. The fourth-order valence-corrected chi connectivity index (χ4v) is 1.25. The van der Waals surface area contributed by atoms with Gasteiger partial charge in [0, 0.05) is 13.0 Å². The van der Waals surface area contributed by atoms with Gasteiger partial charge < -0.3 is 19.7 Å². The lowest BCUT2D eigenvalue weighted by atomic mass is 10.3. The highest BCUT2D eigenvalue weighted by molar-refractivity contribution is 5.75. The second kappa shape index (κ2) is 11.6. The minimum atomic E-state index is -1.23. The quantitative estimate of drug-likeness (QED) is 0.286. The van der Waals surface area contributed by atoms with Crippen molar-refractivity contribution in [2.75, 3.05) is 26.4 Å². The molecule has 0 aliphatic carbocycles. The third-order valence-electron chi connectivity index (χ3n) is 2.23. The van der Waals surface area contributed by atoms with Crippen molar-refractivity contribution in [3.63, 3.8) is 0 Å². The number of nitrogens with zero attached hydrogens (tertiary/aromatic N) is 2. The van der Waals surface area contributed by atoms with Gasteiger partial charge in [-0.3, -0.25) is 4.79 Å². The number of nitrogens with one attached hydrogen (secondary N) is 1. The molecule has 0 heterocycles. The van der Waals surface area contributed by atoms with Gasteiger partial charge in [0.05, 0.1) is 13.2 Å². The van der Waals surface area contributed by atoms with Gasteiger partial charge in [-0.05, 0) is 6.42 Å². The first-order valence-corrected chi connectivity index (χ1v) is 6.38. The van der Waals surface area contributed by atoms with Crippen LogP contribution in [0.1, 0.15) is 26.2 Å². The van der Waals surface area contributed by atoms with Crippen molar-refractivity contribution in [2.45, 2.75) is 32.3 Å². The molecule has 0 aliphatic heterocycles. The maximum absolute atomic E-state index is 11.3. The molecule has 0 aromatic heterocycles. The molecule has 0 aromatic carbocycles. The highest BCUT2D eigenvalue weighted by Crippen LogP contribution is 1.97. The van der Waals surface area contributed by atoms with Gasteiger partial charge in [-0.2, -0.15) is 0 Å². The molecule has 1 N–H and O–H groups in total. The smallest absolute Gasteiger partial charge is 0.294 e. The molecule has 0 rings (SSSR count). The summed E-state index contributed by atoms with van der Waals surface area (Å²) in [6.45, 7) is 1.68. The van der Waals surface area contributed by atoms with E-state index in [1.807, 2.05) is 6.92 Å². The van der Waals surface area contributed by atoms with Crippen LogP contribution in [0.2, 0.25) is 0 Å². The summed E-state index contributed by atoms with van der Waals surface area (Å²) >= 11 is 0. The van der Waals surface area contributed by atoms with Gasteiger partial charge in [0.25, 0.3) is 10.2 Å². The van der Waals surface area contributed by atoms with Gasteiger partial charge in [0.15, 0.2) is 6.10 Å². The van der Waals surface area contributed by atoms with Crippen molar-refractivity contribution >= 4 is 5.91 Å².